The fourth-order valence-electron chi connectivity index (χ4n) is 5.51. The predicted molar refractivity (Wildman–Crippen MR) is 190 cm³/mol. The van der Waals surface area contributed by atoms with Crippen LogP contribution < -0.4 is 0 Å². The van der Waals surface area contributed by atoms with Crippen molar-refractivity contribution in [3.05, 3.63) is 36.5 Å². The predicted octanol–water partition coefficient (Wildman–Crippen LogP) is 13.0. The van der Waals surface area contributed by atoms with Crippen LogP contribution in [0.3, 0.4) is 0 Å². The molecule has 0 aliphatic heterocycles. The lowest BCUT2D eigenvalue weighted by atomic mass is 10.0. The molecule has 0 aromatic rings. The standard InChI is InChI=1S/C40H72O4/c1-3-5-7-9-11-13-15-17-19-21-23-26-30-34-38(35-31-27-25-28-32-36-39(41)42)44-40(43)37-33-29-24-22-20-18-16-14-12-10-8-6-4-2/h14-17,21,23,38H,3-13,18-20,22,24-37H2,1-2H3,(H,41,42)/b16-14-,17-15-,23-21-. The zero-order valence-corrected chi connectivity index (χ0v) is 29.2. The molecule has 0 aliphatic carbocycles. The molecule has 1 unspecified atom stereocenters. The van der Waals surface area contributed by atoms with Gasteiger partial charge >= 0.3 is 11.9 Å². The number of aliphatic carboxylic acids is 1. The molecule has 1 atom stereocenters. The first-order valence-corrected chi connectivity index (χ1v) is 19.0. The van der Waals surface area contributed by atoms with Gasteiger partial charge in [-0.25, -0.2) is 0 Å². The molecule has 0 aromatic heterocycles. The molecule has 0 saturated heterocycles. The molecule has 4 nitrogen and oxygen atoms in total. The smallest absolute Gasteiger partial charge is 0.306 e. The van der Waals surface area contributed by atoms with Crippen LogP contribution >= 0.6 is 0 Å². The Morgan fingerprint density at radius 2 is 0.909 bits per heavy atom. The number of ether oxygens (including phenoxy) is 1. The maximum Gasteiger partial charge on any atom is 0.306 e. The molecule has 0 rings (SSSR count). The lowest BCUT2D eigenvalue weighted by molar-refractivity contribution is -0.150. The third-order valence-corrected chi connectivity index (χ3v) is 8.33. The second kappa shape index (κ2) is 35.6. The van der Waals surface area contributed by atoms with Gasteiger partial charge < -0.3 is 9.84 Å². The number of allylic oxidation sites excluding steroid dienone is 6. The number of esters is 1. The highest BCUT2D eigenvalue weighted by Gasteiger charge is 2.14. The van der Waals surface area contributed by atoms with Gasteiger partial charge in [0.25, 0.3) is 0 Å². The summed E-state index contributed by atoms with van der Waals surface area (Å²) in [5, 5.41) is 8.80. The van der Waals surface area contributed by atoms with Gasteiger partial charge in [0.05, 0.1) is 0 Å². The first-order valence-electron chi connectivity index (χ1n) is 19.0. The summed E-state index contributed by atoms with van der Waals surface area (Å²) >= 11 is 0. The summed E-state index contributed by atoms with van der Waals surface area (Å²) < 4.78 is 5.96. The lowest BCUT2D eigenvalue weighted by Crippen LogP contribution is -2.18. The third kappa shape index (κ3) is 34.6. The largest absolute Gasteiger partial charge is 0.481 e. The molecular weight excluding hydrogens is 544 g/mol. The fourth-order valence-corrected chi connectivity index (χ4v) is 5.51. The van der Waals surface area contributed by atoms with E-state index in [-0.39, 0.29) is 18.5 Å². The van der Waals surface area contributed by atoms with Crippen molar-refractivity contribution in [1.82, 2.24) is 0 Å². The van der Waals surface area contributed by atoms with Gasteiger partial charge in [-0.1, -0.05) is 134 Å². The summed E-state index contributed by atoms with van der Waals surface area (Å²) in [5.41, 5.74) is 0. The van der Waals surface area contributed by atoms with Crippen molar-refractivity contribution < 1.29 is 19.4 Å². The van der Waals surface area contributed by atoms with Gasteiger partial charge in [0.15, 0.2) is 0 Å². The van der Waals surface area contributed by atoms with E-state index in [0.29, 0.717) is 6.42 Å². The highest BCUT2D eigenvalue weighted by atomic mass is 16.5. The van der Waals surface area contributed by atoms with E-state index in [4.69, 9.17) is 9.84 Å². The highest BCUT2D eigenvalue weighted by Crippen LogP contribution is 2.17. The van der Waals surface area contributed by atoms with Crippen LogP contribution in [0.5, 0.6) is 0 Å². The summed E-state index contributed by atoms with van der Waals surface area (Å²) in [4.78, 5) is 23.3. The number of hydrogen-bond acceptors (Lipinski definition) is 3. The Bertz CT molecular complexity index is 708. The number of carboxylic acids is 1. The lowest BCUT2D eigenvalue weighted by Gasteiger charge is -2.18. The van der Waals surface area contributed by atoms with Crippen LogP contribution in [0.4, 0.5) is 0 Å². The zero-order chi connectivity index (χ0) is 32.2. The van der Waals surface area contributed by atoms with Gasteiger partial charge in [-0.2, -0.15) is 0 Å². The molecule has 0 saturated carbocycles. The minimum atomic E-state index is -0.708. The van der Waals surface area contributed by atoms with Crippen molar-refractivity contribution in [2.45, 2.75) is 206 Å². The Morgan fingerprint density at radius 3 is 1.48 bits per heavy atom. The molecule has 0 bridgehead atoms. The number of carbonyl (C=O) groups excluding carboxylic acids is 1. The average Bonchev–Trinajstić information content (AvgIpc) is 3.00. The van der Waals surface area contributed by atoms with Crippen LogP contribution in [0.1, 0.15) is 200 Å². The Hall–Kier alpha value is -1.84. The molecule has 0 amide bonds. The van der Waals surface area contributed by atoms with Crippen molar-refractivity contribution in [3.63, 3.8) is 0 Å². The van der Waals surface area contributed by atoms with Crippen molar-refractivity contribution in [2.24, 2.45) is 0 Å². The molecule has 0 spiro atoms. The number of carbonyl (C=O) groups is 2. The molecule has 256 valence electrons. The van der Waals surface area contributed by atoms with Gasteiger partial charge in [-0.3, -0.25) is 9.59 Å². The van der Waals surface area contributed by atoms with Gasteiger partial charge in [0.1, 0.15) is 6.10 Å². The Labute approximate surface area is 273 Å². The minimum Gasteiger partial charge on any atom is -0.481 e. The van der Waals surface area contributed by atoms with Gasteiger partial charge in [-0.05, 0) is 89.9 Å². The van der Waals surface area contributed by atoms with Crippen LogP contribution in [0, 0.1) is 0 Å². The van der Waals surface area contributed by atoms with E-state index in [1.54, 1.807) is 0 Å². The highest BCUT2D eigenvalue weighted by molar-refractivity contribution is 5.69. The van der Waals surface area contributed by atoms with Crippen LogP contribution in [0.2, 0.25) is 0 Å². The summed E-state index contributed by atoms with van der Waals surface area (Å²) in [6, 6.07) is 0. The van der Waals surface area contributed by atoms with E-state index in [1.807, 2.05) is 0 Å². The van der Waals surface area contributed by atoms with Crippen LogP contribution in [0.25, 0.3) is 0 Å². The second-order valence-corrected chi connectivity index (χ2v) is 12.8. The van der Waals surface area contributed by atoms with Crippen molar-refractivity contribution in [1.29, 1.82) is 0 Å². The molecule has 0 aromatic carbocycles. The SMILES string of the molecule is CCCCCC/C=C\CCCCCCCC(=O)OC(CCC/C=C\C/C=C\CCCCCCC)CCCCCCCC(=O)O. The molecule has 0 heterocycles. The van der Waals surface area contributed by atoms with E-state index in [9.17, 15) is 9.59 Å². The maximum atomic E-state index is 12.6. The summed E-state index contributed by atoms with van der Waals surface area (Å²) in [7, 11) is 0. The van der Waals surface area contributed by atoms with Crippen molar-refractivity contribution >= 4 is 11.9 Å². The second-order valence-electron chi connectivity index (χ2n) is 12.8. The van der Waals surface area contributed by atoms with E-state index in [1.165, 1.54) is 96.3 Å². The number of unbranched alkanes of at least 4 members (excludes halogenated alkanes) is 19. The quantitative estimate of drug-likeness (QED) is 0.0444. The minimum absolute atomic E-state index is 0.0104. The van der Waals surface area contributed by atoms with Crippen LogP contribution in [0.15, 0.2) is 36.5 Å². The number of carboxylic acid groups (broad SMARTS) is 1. The zero-order valence-electron chi connectivity index (χ0n) is 29.2. The first-order chi connectivity index (χ1) is 21.6. The summed E-state index contributed by atoms with van der Waals surface area (Å²) in [6.07, 6.45) is 45.8. The van der Waals surface area contributed by atoms with Crippen LogP contribution in [-0.4, -0.2) is 23.1 Å². The Kier molecular flexibility index (Phi) is 34.1. The number of hydrogen-bond donors (Lipinski definition) is 1. The molecule has 1 N–H and O–H groups in total. The van der Waals surface area contributed by atoms with E-state index < -0.39 is 5.97 Å². The fraction of sp³-hybridized carbons (Fsp3) is 0.800. The molecule has 0 radical (unpaired) electrons. The molecule has 0 aliphatic rings. The third-order valence-electron chi connectivity index (χ3n) is 8.33. The maximum absolute atomic E-state index is 12.6. The molecule has 44 heavy (non-hydrogen) atoms. The Morgan fingerprint density at radius 1 is 0.500 bits per heavy atom. The van der Waals surface area contributed by atoms with Gasteiger partial charge in [0.2, 0.25) is 0 Å². The van der Waals surface area contributed by atoms with E-state index in [0.717, 1.165) is 77.0 Å². The monoisotopic (exact) mass is 617 g/mol. The molecular formula is C40H72O4. The summed E-state index contributed by atoms with van der Waals surface area (Å²) in [6.45, 7) is 4.52. The first kappa shape index (κ1) is 42.2. The van der Waals surface area contributed by atoms with E-state index >= 15 is 0 Å². The molecule has 0 fully saturated rings. The van der Waals surface area contributed by atoms with Gasteiger partial charge in [-0.15, -0.1) is 0 Å². The Balaban J connectivity index is 4.16. The normalized spacial score (nSPS) is 12.6. The van der Waals surface area contributed by atoms with E-state index in [2.05, 4.69) is 50.3 Å². The topological polar surface area (TPSA) is 63.6 Å². The van der Waals surface area contributed by atoms with Gasteiger partial charge in [0, 0.05) is 12.8 Å². The summed E-state index contributed by atoms with van der Waals surface area (Å²) in [5.74, 6) is -0.738. The molecule has 4 heteroatoms. The van der Waals surface area contributed by atoms with Crippen LogP contribution in [-0.2, 0) is 14.3 Å². The average molecular weight is 617 g/mol. The van der Waals surface area contributed by atoms with Crippen molar-refractivity contribution in [3.8, 4) is 0 Å². The number of rotatable bonds is 34. The van der Waals surface area contributed by atoms with Crippen molar-refractivity contribution in [2.75, 3.05) is 0 Å².